The number of hydrogen-bond donors (Lipinski definition) is 2. The number of nitrogens with one attached hydrogen (secondary N) is 1. The van der Waals surface area contributed by atoms with E-state index in [9.17, 15) is 9.59 Å². The smallest absolute Gasteiger partial charge is 0.305 e. The third kappa shape index (κ3) is 4.88. The van der Waals surface area contributed by atoms with E-state index in [1.807, 2.05) is 4.90 Å². The van der Waals surface area contributed by atoms with Gasteiger partial charge in [-0.2, -0.15) is 11.8 Å². The van der Waals surface area contributed by atoms with E-state index in [1.54, 1.807) is 11.8 Å². The second-order valence-electron chi connectivity index (χ2n) is 6.20. The predicted molar refractivity (Wildman–Crippen MR) is 84.5 cm³/mol. The van der Waals surface area contributed by atoms with Gasteiger partial charge in [0, 0.05) is 24.5 Å². The molecule has 0 radical (unpaired) electrons. The molecule has 21 heavy (non-hydrogen) atoms. The molecule has 2 heterocycles. The van der Waals surface area contributed by atoms with E-state index in [2.05, 4.69) is 12.2 Å². The lowest BCUT2D eigenvalue weighted by atomic mass is 9.85. The van der Waals surface area contributed by atoms with Crippen molar-refractivity contribution in [3.05, 3.63) is 0 Å². The molecule has 5 nitrogen and oxygen atoms in total. The number of thioether (sulfide) groups is 1. The van der Waals surface area contributed by atoms with E-state index in [-0.39, 0.29) is 18.4 Å². The largest absolute Gasteiger partial charge is 0.481 e. The van der Waals surface area contributed by atoms with Crippen LogP contribution in [-0.4, -0.2) is 59.1 Å². The van der Waals surface area contributed by atoms with Crippen LogP contribution in [0.5, 0.6) is 0 Å². The number of carboxylic acid groups (broad SMARTS) is 1. The Balaban J connectivity index is 1.88. The van der Waals surface area contributed by atoms with Gasteiger partial charge in [-0.15, -0.1) is 0 Å². The van der Waals surface area contributed by atoms with E-state index in [4.69, 9.17) is 5.11 Å². The Bertz CT molecular complexity index is 372. The zero-order valence-corrected chi connectivity index (χ0v) is 13.5. The Hall–Kier alpha value is -0.750. The van der Waals surface area contributed by atoms with Crippen molar-refractivity contribution in [2.45, 2.75) is 38.6 Å². The fourth-order valence-electron chi connectivity index (χ4n) is 3.28. The molecule has 120 valence electrons. The van der Waals surface area contributed by atoms with Crippen molar-refractivity contribution in [2.75, 3.05) is 31.1 Å². The topological polar surface area (TPSA) is 69.6 Å². The summed E-state index contributed by atoms with van der Waals surface area (Å²) in [5.74, 6) is 1.92. The van der Waals surface area contributed by atoms with E-state index >= 15 is 0 Å². The van der Waals surface area contributed by atoms with Gasteiger partial charge in [-0.05, 0) is 37.8 Å². The Labute approximate surface area is 130 Å². The van der Waals surface area contributed by atoms with Crippen molar-refractivity contribution in [3.8, 4) is 0 Å². The maximum Gasteiger partial charge on any atom is 0.305 e. The highest BCUT2D eigenvalue weighted by Gasteiger charge is 2.31. The van der Waals surface area contributed by atoms with Crippen molar-refractivity contribution in [3.63, 3.8) is 0 Å². The number of carboxylic acids is 1. The van der Waals surface area contributed by atoms with Gasteiger partial charge in [0.2, 0.25) is 5.91 Å². The maximum absolute atomic E-state index is 12.5. The molecule has 1 amide bonds. The lowest BCUT2D eigenvalue weighted by molar-refractivity contribution is -0.140. The number of rotatable bonds is 5. The molecule has 3 unspecified atom stereocenters. The minimum Gasteiger partial charge on any atom is -0.481 e. The first kappa shape index (κ1) is 16.6. The maximum atomic E-state index is 12.5. The first-order chi connectivity index (χ1) is 10.1. The van der Waals surface area contributed by atoms with Gasteiger partial charge in [-0.25, -0.2) is 0 Å². The van der Waals surface area contributed by atoms with Crippen molar-refractivity contribution < 1.29 is 14.7 Å². The first-order valence-corrected chi connectivity index (χ1v) is 9.03. The molecule has 3 atom stereocenters. The Morgan fingerprint density at radius 2 is 2.29 bits per heavy atom. The number of carbonyl (C=O) groups excluding carboxylic acids is 1. The fourth-order valence-corrected chi connectivity index (χ4v) is 4.34. The third-order valence-corrected chi connectivity index (χ3v) is 5.69. The van der Waals surface area contributed by atoms with Gasteiger partial charge in [0.15, 0.2) is 0 Å². The predicted octanol–water partition coefficient (Wildman–Crippen LogP) is 1.43. The number of nitrogens with zero attached hydrogens (tertiary/aromatic N) is 1. The summed E-state index contributed by atoms with van der Waals surface area (Å²) in [6.45, 7) is 4.93. The molecule has 2 rings (SSSR count). The molecule has 2 aliphatic rings. The standard InChI is InChI=1S/C15H26N2O3S/c1-11(12-3-2-4-16-9-12)7-14(18)17-5-6-21-10-13(17)8-15(19)20/h11-13,16H,2-10H2,1H3,(H,19,20). The fraction of sp³-hybridized carbons (Fsp3) is 0.867. The number of carbonyl (C=O) groups is 2. The molecular weight excluding hydrogens is 288 g/mol. The van der Waals surface area contributed by atoms with Crippen LogP contribution >= 0.6 is 11.8 Å². The van der Waals surface area contributed by atoms with Crippen LogP contribution in [0.15, 0.2) is 0 Å². The summed E-state index contributed by atoms with van der Waals surface area (Å²) in [7, 11) is 0. The Kier molecular flexibility index (Phi) is 6.36. The first-order valence-electron chi connectivity index (χ1n) is 7.87. The van der Waals surface area contributed by atoms with E-state index in [0.717, 1.165) is 24.6 Å². The van der Waals surface area contributed by atoms with Crippen LogP contribution in [0, 0.1) is 11.8 Å². The van der Waals surface area contributed by atoms with E-state index in [0.29, 0.717) is 24.8 Å². The summed E-state index contributed by atoms with van der Waals surface area (Å²) >= 11 is 1.75. The van der Waals surface area contributed by atoms with Gasteiger partial charge in [-0.3, -0.25) is 9.59 Å². The van der Waals surface area contributed by atoms with Crippen molar-refractivity contribution >= 4 is 23.6 Å². The molecule has 6 heteroatoms. The highest BCUT2D eigenvalue weighted by molar-refractivity contribution is 7.99. The third-order valence-electron chi connectivity index (χ3n) is 4.59. The second-order valence-corrected chi connectivity index (χ2v) is 7.35. The minimum atomic E-state index is -0.815. The van der Waals surface area contributed by atoms with Crippen molar-refractivity contribution in [1.82, 2.24) is 10.2 Å². The molecule has 2 aliphatic heterocycles. The van der Waals surface area contributed by atoms with Crippen LogP contribution in [0.3, 0.4) is 0 Å². The van der Waals surface area contributed by atoms with Crippen LogP contribution in [-0.2, 0) is 9.59 Å². The zero-order chi connectivity index (χ0) is 15.2. The van der Waals surface area contributed by atoms with Gasteiger partial charge < -0.3 is 15.3 Å². The van der Waals surface area contributed by atoms with Crippen molar-refractivity contribution in [1.29, 1.82) is 0 Å². The minimum absolute atomic E-state index is 0.0676. The quantitative estimate of drug-likeness (QED) is 0.803. The number of amides is 1. The summed E-state index contributed by atoms with van der Waals surface area (Å²) in [5.41, 5.74) is 0. The summed E-state index contributed by atoms with van der Waals surface area (Å²) in [5, 5.41) is 12.4. The van der Waals surface area contributed by atoms with E-state index in [1.165, 1.54) is 12.8 Å². The average Bonchev–Trinajstić information content (AvgIpc) is 2.48. The van der Waals surface area contributed by atoms with Crippen LogP contribution < -0.4 is 5.32 Å². The highest BCUT2D eigenvalue weighted by Crippen LogP contribution is 2.26. The molecule has 0 bridgehead atoms. The van der Waals surface area contributed by atoms with Gasteiger partial charge in [-0.1, -0.05) is 6.92 Å². The molecule has 0 aliphatic carbocycles. The molecule has 2 saturated heterocycles. The molecule has 2 N–H and O–H groups in total. The SMILES string of the molecule is CC(CC(=O)N1CCSCC1CC(=O)O)C1CCCNC1. The summed E-state index contributed by atoms with van der Waals surface area (Å²) < 4.78 is 0. The molecule has 0 aromatic carbocycles. The summed E-state index contributed by atoms with van der Waals surface area (Å²) in [4.78, 5) is 25.3. The number of piperidine rings is 1. The Morgan fingerprint density at radius 1 is 1.48 bits per heavy atom. The number of hydrogen-bond acceptors (Lipinski definition) is 4. The normalized spacial score (nSPS) is 28.1. The lowest BCUT2D eigenvalue weighted by Crippen LogP contribution is -2.48. The van der Waals surface area contributed by atoms with Gasteiger partial charge in [0.05, 0.1) is 12.5 Å². The molecule has 0 aromatic rings. The van der Waals surface area contributed by atoms with Crippen LogP contribution in [0.2, 0.25) is 0 Å². The monoisotopic (exact) mass is 314 g/mol. The van der Waals surface area contributed by atoms with Gasteiger partial charge >= 0.3 is 5.97 Å². The van der Waals surface area contributed by atoms with Gasteiger partial charge in [0.1, 0.15) is 0 Å². The molecule has 2 fully saturated rings. The van der Waals surface area contributed by atoms with Crippen LogP contribution in [0.4, 0.5) is 0 Å². The van der Waals surface area contributed by atoms with Crippen LogP contribution in [0.1, 0.15) is 32.6 Å². The van der Waals surface area contributed by atoms with E-state index < -0.39 is 5.97 Å². The molecule has 0 spiro atoms. The van der Waals surface area contributed by atoms with Crippen molar-refractivity contribution in [2.24, 2.45) is 11.8 Å². The highest BCUT2D eigenvalue weighted by atomic mass is 32.2. The summed E-state index contributed by atoms with van der Waals surface area (Å²) in [6, 6.07) is -0.134. The lowest BCUT2D eigenvalue weighted by Gasteiger charge is -2.36. The number of aliphatic carboxylic acids is 1. The average molecular weight is 314 g/mol. The molecule has 0 aromatic heterocycles. The summed E-state index contributed by atoms with van der Waals surface area (Å²) in [6.07, 6.45) is 2.99. The molecule has 0 saturated carbocycles. The Morgan fingerprint density at radius 3 is 2.95 bits per heavy atom. The second kappa shape index (κ2) is 8.03. The zero-order valence-electron chi connectivity index (χ0n) is 12.7. The van der Waals surface area contributed by atoms with Crippen LogP contribution in [0.25, 0.3) is 0 Å². The molecular formula is C15H26N2O3S. The van der Waals surface area contributed by atoms with Gasteiger partial charge in [0.25, 0.3) is 0 Å².